The first-order valence-electron chi connectivity index (χ1n) is 6.67. The minimum absolute atomic E-state index is 0.261. The summed E-state index contributed by atoms with van der Waals surface area (Å²) in [5, 5.41) is 2.82. The lowest BCUT2D eigenvalue weighted by molar-refractivity contribution is 0.0947. The molecule has 0 aliphatic heterocycles. The number of aromatic nitrogens is 1. The molecular weight excluding hydrogens is 284 g/mol. The summed E-state index contributed by atoms with van der Waals surface area (Å²) in [5.74, 6) is 1.38. The Morgan fingerprint density at radius 1 is 1.14 bits per heavy atom. The number of pyridine rings is 1. The number of hydrogen-bond donors (Lipinski definition) is 1. The number of methoxy groups -OCH3 is 3. The molecule has 22 heavy (non-hydrogen) atoms. The van der Waals surface area contributed by atoms with Crippen LogP contribution in [0.3, 0.4) is 0 Å². The maximum atomic E-state index is 12.2. The molecule has 1 aromatic carbocycles. The van der Waals surface area contributed by atoms with Gasteiger partial charge in [-0.1, -0.05) is 0 Å². The molecule has 0 aliphatic carbocycles. The highest BCUT2D eigenvalue weighted by Crippen LogP contribution is 2.24. The molecule has 1 heterocycles. The molecule has 0 radical (unpaired) electrons. The summed E-state index contributed by atoms with van der Waals surface area (Å²) in [6, 6.07) is 8.77. The number of carbonyl (C=O) groups excluding carboxylic acids is 1. The number of amides is 1. The van der Waals surface area contributed by atoms with Crippen LogP contribution in [0.2, 0.25) is 0 Å². The highest BCUT2D eigenvalue weighted by Gasteiger charge is 2.13. The summed E-state index contributed by atoms with van der Waals surface area (Å²) in [6.45, 7) is 0.323. The Hall–Kier alpha value is -2.76. The fraction of sp³-hybridized carbons (Fsp3) is 0.250. The van der Waals surface area contributed by atoms with E-state index in [0.29, 0.717) is 29.5 Å². The van der Waals surface area contributed by atoms with E-state index >= 15 is 0 Å². The Morgan fingerprint density at radius 3 is 2.64 bits per heavy atom. The smallest absolute Gasteiger partial charge is 0.257 e. The van der Waals surface area contributed by atoms with Crippen LogP contribution in [0, 0.1) is 0 Å². The minimum Gasteiger partial charge on any atom is -0.497 e. The van der Waals surface area contributed by atoms with Gasteiger partial charge in [-0.05, 0) is 24.3 Å². The summed E-state index contributed by atoms with van der Waals surface area (Å²) in [5.41, 5.74) is 1.23. The van der Waals surface area contributed by atoms with Gasteiger partial charge in [0.1, 0.15) is 17.1 Å². The molecule has 6 nitrogen and oxygen atoms in total. The molecule has 0 saturated carbocycles. The van der Waals surface area contributed by atoms with Crippen molar-refractivity contribution in [2.45, 2.75) is 6.54 Å². The molecule has 6 heteroatoms. The van der Waals surface area contributed by atoms with Crippen molar-refractivity contribution in [2.75, 3.05) is 21.3 Å². The summed E-state index contributed by atoms with van der Waals surface area (Å²) >= 11 is 0. The average molecular weight is 302 g/mol. The van der Waals surface area contributed by atoms with E-state index in [-0.39, 0.29) is 5.91 Å². The van der Waals surface area contributed by atoms with E-state index < -0.39 is 0 Å². The van der Waals surface area contributed by atoms with Gasteiger partial charge < -0.3 is 19.5 Å². The second kappa shape index (κ2) is 7.31. The monoisotopic (exact) mass is 302 g/mol. The van der Waals surface area contributed by atoms with E-state index in [4.69, 9.17) is 14.2 Å². The van der Waals surface area contributed by atoms with Crippen LogP contribution in [-0.2, 0) is 6.54 Å². The summed E-state index contributed by atoms with van der Waals surface area (Å²) in [6.07, 6.45) is 1.57. The van der Waals surface area contributed by atoms with E-state index in [0.717, 1.165) is 5.56 Å². The summed E-state index contributed by atoms with van der Waals surface area (Å²) in [4.78, 5) is 16.2. The second-order valence-electron chi connectivity index (χ2n) is 4.42. The third kappa shape index (κ3) is 3.46. The van der Waals surface area contributed by atoms with Gasteiger partial charge in [0.15, 0.2) is 0 Å². The van der Waals surface area contributed by atoms with Gasteiger partial charge in [-0.25, -0.2) is 4.98 Å². The number of carbonyl (C=O) groups is 1. The number of rotatable bonds is 6. The van der Waals surface area contributed by atoms with Crippen molar-refractivity contribution in [3.8, 4) is 17.4 Å². The Labute approximate surface area is 129 Å². The van der Waals surface area contributed by atoms with Crippen molar-refractivity contribution in [1.29, 1.82) is 0 Å². The molecule has 116 valence electrons. The summed E-state index contributed by atoms with van der Waals surface area (Å²) < 4.78 is 15.5. The lowest BCUT2D eigenvalue weighted by Gasteiger charge is -2.12. The second-order valence-corrected chi connectivity index (χ2v) is 4.42. The van der Waals surface area contributed by atoms with Crippen molar-refractivity contribution >= 4 is 5.91 Å². The van der Waals surface area contributed by atoms with Gasteiger partial charge in [0.25, 0.3) is 5.91 Å². The first-order chi connectivity index (χ1) is 10.7. The van der Waals surface area contributed by atoms with Crippen LogP contribution in [0.25, 0.3) is 0 Å². The Balaban J connectivity index is 2.11. The average Bonchev–Trinajstić information content (AvgIpc) is 2.59. The third-order valence-electron chi connectivity index (χ3n) is 3.14. The Bertz CT molecular complexity index is 658. The molecule has 0 atom stereocenters. The zero-order valence-corrected chi connectivity index (χ0v) is 12.8. The largest absolute Gasteiger partial charge is 0.497 e. The molecule has 0 fully saturated rings. The highest BCUT2D eigenvalue weighted by molar-refractivity contribution is 5.96. The van der Waals surface area contributed by atoms with Gasteiger partial charge in [-0.2, -0.15) is 0 Å². The Morgan fingerprint density at radius 2 is 1.95 bits per heavy atom. The fourth-order valence-corrected chi connectivity index (χ4v) is 1.99. The van der Waals surface area contributed by atoms with Crippen molar-refractivity contribution in [3.63, 3.8) is 0 Å². The van der Waals surface area contributed by atoms with E-state index in [9.17, 15) is 4.79 Å². The topological polar surface area (TPSA) is 69.7 Å². The molecule has 0 saturated heterocycles. The number of benzene rings is 1. The quantitative estimate of drug-likeness (QED) is 0.884. The molecule has 0 spiro atoms. The normalized spacial score (nSPS) is 9.95. The van der Waals surface area contributed by atoms with E-state index in [1.54, 1.807) is 38.6 Å². The molecule has 2 rings (SSSR count). The van der Waals surface area contributed by atoms with E-state index in [1.807, 2.05) is 12.1 Å². The van der Waals surface area contributed by atoms with E-state index in [1.165, 1.54) is 7.11 Å². The number of nitrogens with one attached hydrogen (secondary N) is 1. The Kier molecular flexibility index (Phi) is 5.19. The maximum absolute atomic E-state index is 12.2. The molecule has 1 N–H and O–H groups in total. The molecule has 0 bridgehead atoms. The lowest BCUT2D eigenvalue weighted by Crippen LogP contribution is -2.23. The predicted molar refractivity (Wildman–Crippen MR) is 81.5 cm³/mol. The van der Waals surface area contributed by atoms with Crippen molar-refractivity contribution in [3.05, 3.63) is 47.7 Å². The first kappa shape index (κ1) is 15.6. The number of nitrogens with zero attached hydrogens (tertiary/aromatic N) is 1. The van der Waals surface area contributed by atoms with Crippen LogP contribution in [-0.4, -0.2) is 32.2 Å². The van der Waals surface area contributed by atoms with Crippen LogP contribution in [0.1, 0.15) is 15.9 Å². The van der Waals surface area contributed by atoms with Crippen molar-refractivity contribution < 1.29 is 19.0 Å². The zero-order valence-electron chi connectivity index (χ0n) is 12.8. The van der Waals surface area contributed by atoms with Crippen LogP contribution in [0.15, 0.2) is 36.5 Å². The lowest BCUT2D eigenvalue weighted by atomic mass is 10.1. The molecular formula is C16H18N2O4. The van der Waals surface area contributed by atoms with Gasteiger partial charge in [0.2, 0.25) is 5.88 Å². The van der Waals surface area contributed by atoms with Crippen LogP contribution in [0.4, 0.5) is 0 Å². The van der Waals surface area contributed by atoms with Crippen molar-refractivity contribution in [1.82, 2.24) is 10.3 Å². The van der Waals surface area contributed by atoms with Crippen LogP contribution < -0.4 is 19.5 Å². The molecule has 2 aromatic rings. The van der Waals surface area contributed by atoms with Gasteiger partial charge in [-0.3, -0.25) is 4.79 Å². The first-order valence-corrected chi connectivity index (χ1v) is 6.67. The SMILES string of the molecule is COc1ccc(CNC(=O)c2cccnc2OC)c(OC)c1. The maximum Gasteiger partial charge on any atom is 0.257 e. The van der Waals surface area contributed by atoms with Crippen molar-refractivity contribution in [2.24, 2.45) is 0 Å². The fourth-order valence-electron chi connectivity index (χ4n) is 1.99. The predicted octanol–water partition coefficient (Wildman–Crippen LogP) is 2.04. The molecule has 0 aliphatic rings. The molecule has 1 amide bonds. The minimum atomic E-state index is -0.261. The van der Waals surface area contributed by atoms with Gasteiger partial charge in [0.05, 0.1) is 21.3 Å². The standard InChI is InChI=1S/C16H18N2O4/c1-20-12-7-6-11(14(9-12)21-2)10-18-15(19)13-5-4-8-17-16(13)22-3/h4-9H,10H2,1-3H3,(H,18,19). The van der Waals surface area contributed by atoms with Crippen LogP contribution in [0.5, 0.6) is 17.4 Å². The highest BCUT2D eigenvalue weighted by atomic mass is 16.5. The van der Waals surface area contributed by atoms with E-state index in [2.05, 4.69) is 10.3 Å². The zero-order chi connectivity index (χ0) is 15.9. The summed E-state index contributed by atoms with van der Waals surface area (Å²) in [7, 11) is 4.64. The molecule has 0 unspecified atom stereocenters. The third-order valence-corrected chi connectivity index (χ3v) is 3.14. The van der Waals surface area contributed by atoms with Gasteiger partial charge >= 0.3 is 0 Å². The number of ether oxygens (including phenoxy) is 3. The molecule has 1 aromatic heterocycles. The van der Waals surface area contributed by atoms with Gasteiger partial charge in [0, 0.05) is 24.4 Å². The van der Waals surface area contributed by atoms with Crippen LogP contribution >= 0.6 is 0 Å². The number of hydrogen-bond acceptors (Lipinski definition) is 5. The van der Waals surface area contributed by atoms with Gasteiger partial charge in [-0.15, -0.1) is 0 Å².